The Kier molecular flexibility index (Phi) is 4.93. The van der Waals surface area contributed by atoms with E-state index in [4.69, 9.17) is 10.5 Å². The minimum Gasteiger partial charge on any atom is -0.493 e. The molecular formula is C13H19BrN2O3S. The van der Waals surface area contributed by atoms with E-state index in [1.165, 1.54) is 10.6 Å². The molecular weight excluding hydrogens is 344 g/mol. The number of rotatable bonds is 4. The van der Waals surface area contributed by atoms with Crippen LogP contribution >= 0.6 is 15.9 Å². The van der Waals surface area contributed by atoms with E-state index in [9.17, 15) is 8.42 Å². The smallest absolute Gasteiger partial charge is 0.211 e. The van der Waals surface area contributed by atoms with Crippen LogP contribution in [0.3, 0.4) is 0 Å². The molecule has 1 aliphatic rings. The summed E-state index contributed by atoms with van der Waals surface area (Å²) in [6.45, 7) is 1.64. The maximum Gasteiger partial charge on any atom is 0.211 e. The van der Waals surface area contributed by atoms with Gasteiger partial charge in [0.2, 0.25) is 10.0 Å². The Labute approximate surface area is 128 Å². The molecule has 0 aliphatic carbocycles. The lowest BCUT2D eigenvalue weighted by Gasteiger charge is -2.30. The first kappa shape index (κ1) is 15.6. The lowest BCUT2D eigenvalue weighted by Crippen LogP contribution is -2.40. The number of hydrogen-bond acceptors (Lipinski definition) is 4. The van der Waals surface area contributed by atoms with Crippen LogP contribution in [0.25, 0.3) is 0 Å². The molecule has 1 aromatic carbocycles. The molecule has 1 atom stereocenters. The molecule has 1 aliphatic heterocycles. The van der Waals surface area contributed by atoms with E-state index >= 15 is 0 Å². The number of halogens is 1. The van der Waals surface area contributed by atoms with Crippen LogP contribution in [-0.4, -0.2) is 38.7 Å². The molecule has 1 heterocycles. The highest BCUT2D eigenvalue weighted by Crippen LogP contribution is 2.25. The van der Waals surface area contributed by atoms with Crippen molar-refractivity contribution in [3.63, 3.8) is 0 Å². The quantitative estimate of drug-likeness (QED) is 0.832. The van der Waals surface area contributed by atoms with Crippen LogP contribution in [0.5, 0.6) is 5.75 Å². The minimum atomic E-state index is -3.10. The Morgan fingerprint density at radius 3 is 2.85 bits per heavy atom. The summed E-state index contributed by atoms with van der Waals surface area (Å²) in [6, 6.07) is 5.42. The average molecular weight is 363 g/mol. The number of hydrogen-bond donors (Lipinski definition) is 1. The zero-order valence-corrected chi connectivity index (χ0v) is 13.8. The summed E-state index contributed by atoms with van der Waals surface area (Å²) in [4.78, 5) is 0. The molecule has 2 N–H and O–H groups in total. The van der Waals surface area contributed by atoms with Crippen molar-refractivity contribution in [1.82, 2.24) is 4.31 Å². The van der Waals surface area contributed by atoms with E-state index in [1.807, 2.05) is 6.07 Å². The summed E-state index contributed by atoms with van der Waals surface area (Å²) in [6.07, 6.45) is 3.11. The van der Waals surface area contributed by atoms with Gasteiger partial charge in [-0.05, 0) is 25.0 Å². The lowest BCUT2D eigenvalue weighted by molar-refractivity contribution is 0.181. The van der Waals surface area contributed by atoms with Crippen LogP contribution in [-0.2, 0) is 10.0 Å². The van der Waals surface area contributed by atoms with Gasteiger partial charge in [-0.15, -0.1) is 0 Å². The van der Waals surface area contributed by atoms with Crippen LogP contribution in [0, 0.1) is 5.92 Å². The molecule has 1 saturated heterocycles. The summed E-state index contributed by atoms with van der Waals surface area (Å²) >= 11 is 3.37. The van der Waals surface area contributed by atoms with Gasteiger partial charge in [-0.3, -0.25) is 0 Å². The van der Waals surface area contributed by atoms with Crippen molar-refractivity contribution >= 4 is 31.6 Å². The Morgan fingerprint density at radius 1 is 1.45 bits per heavy atom. The highest BCUT2D eigenvalue weighted by molar-refractivity contribution is 9.10. The third-order valence-corrected chi connectivity index (χ3v) is 5.06. The highest BCUT2D eigenvalue weighted by Gasteiger charge is 2.26. The number of sulfonamides is 1. The second kappa shape index (κ2) is 6.32. The summed E-state index contributed by atoms with van der Waals surface area (Å²) < 4.78 is 31.2. The fourth-order valence-corrected chi connectivity index (χ4v) is 3.78. The zero-order chi connectivity index (χ0) is 14.8. The number of benzene rings is 1. The largest absolute Gasteiger partial charge is 0.493 e. The van der Waals surface area contributed by atoms with Crippen molar-refractivity contribution in [2.75, 3.05) is 31.7 Å². The third-order valence-electron chi connectivity index (χ3n) is 3.33. The van der Waals surface area contributed by atoms with E-state index in [1.54, 1.807) is 12.1 Å². The Balaban J connectivity index is 1.93. The first-order valence-electron chi connectivity index (χ1n) is 6.48. The molecule has 1 fully saturated rings. The maximum atomic E-state index is 11.6. The molecule has 0 amide bonds. The van der Waals surface area contributed by atoms with Gasteiger partial charge in [-0.2, -0.15) is 0 Å². The third kappa shape index (κ3) is 4.36. The Hall–Kier alpha value is -0.790. The fourth-order valence-electron chi connectivity index (χ4n) is 2.35. The zero-order valence-electron chi connectivity index (χ0n) is 11.4. The molecule has 5 nitrogen and oxygen atoms in total. The molecule has 0 bridgehead atoms. The minimum absolute atomic E-state index is 0.221. The second-order valence-corrected chi connectivity index (χ2v) is 8.06. The van der Waals surface area contributed by atoms with Crippen molar-refractivity contribution in [3.05, 3.63) is 22.7 Å². The maximum absolute atomic E-state index is 11.6. The number of nitrogens with two attached hydrogens (primary N) is 1. The monoisotopic (exact) mass is 362 g/mol. The number of piperidine rings is 1. The van der Waals surface area contributed by atoms with Crippen molar-refractivity contribution < 1.29 is 13.2 Å². The van der Waals surface area contributed by atoms with E-state index in [0.717, 1.165) is 17.3 Å². The van der Waals surface area contributed by atoms with E-state index < -0.39 is 10.0 Å². The molecule has 7 heteroatoms. The second-order valence-electron chi connectivity index (χ2n) is 5.16. The van der Waals surface area contributed by atoms with E-state index in [-0.39, 0.29) is 5.92 Å². The number of nitrogen functional groups attached to an aromatic ring is 1. The average Bonchev–Trinajstić information content (AvgIpc) is 2.35. The van der Waals surface area contributed by atoms with E-state index in [0.29, 0.717) is 31.1 Å². The van der Waals surface area contributed by atoms with Crippen LogP contribution in [0.4, 0.5) is 5.69 Å². The standard InChI is InChI=1S/C13H19BrN2O3S/c1-20(17,18)16-4-2-3-10(8-16)9-19-13-6-11(14)5-12(15)7-13/h5-7,10H,2-4,8-9,15H2,1H3. The van der Waals surface area contributed by atoms with Gasteiger partial charge in [0.25, 0.3) is 0 Å². The summed E-state index contributed by atoms with van der Waals surface area (Å²) in [5.41, 5.74) is 6.38. The van der Waals surface area contributed by atoms with Crippen LogP contribution in [0.2, 0.25) is 0 Å². The summed E-state index contributed by atoms with van der Waals surface area (Å²) in [5, 5.41) is 0. The SMILES string of the molecule is CS(=O)(=O)N1CCCC(COc2cc(N)cc(Br)c2)C1. The highest BCUT2D eigenvalue weighted by atomic mass is 79.9. The first-order valence-corrected chi connectivity index (χ1v) is 9.13. The van der Waals surface area contributed by atoms with Gasteiger partial charge in [0.15, 0.2) is 0 Å². The summed E-state index contributed by atoms with van der Waals surface area (Å²) in [7, 11) is -3.10. The summed E-state index contributed by atoms with van der Waals surface area (Å²) in [5.74, 6) is 0.923. The van der Waals surface area contributed by atoms with Gasteiger partial charge >= 0.3 is 0 Å². The van der Waals surface area contributed by atoms with Gasteiger partial charge in [0, 0.05) is 35.2 Å². The molecule has 0 saturated carbocycles. The first-order chi connectivity index (χ1) is 9.34. The van der Waals surface area contributed by atoms with E-state index in [2.05, 4.69) is 15.9 Å². The van der Waals surface area contributed by atoms with Gasteiger partial charge in [-0.1, -0.05) is 15.9 Å². The van der Waals surface area contributed by atoms with Gasteiger partial charge in [0.1, 0.15) is 5.75 Å². The van der Waals surface area contributed by atoms with Crippen molar-refractivity contribution in [2.45, 2.75) is 12.8 Å². The molecule has 0 radical (unpaired) electrons. The van der Waals surface area contributed by atoms with Crippen molar-refractivity contribution in [3.8, 4) is 5.75 Å². The van der Waals surface area contributed by atoms with Crippen LogP contribution in [0.1, 0.15) is 12.8 Å². The van der Waals surface area contributed by atoms with Gasteiger partial charge in [0.05, 0.1) is 12.9 Å². The molecule has 1 aromatic rings. The lowest BCUT2D eigenvalue weighted by atomic mass is 10.0. The molecule has 1 unspecified atom stereocenters. The van der Waals surface area contributed by atoms with Gasteiger partial charge in [-0.25, -0.2) is 12.7 Å². The molecule has 112 valence electrons. The Morgan fingerprint density at radius 2 is 2.20 bits per heavy atom. The molecule has 0 spiro atoms. The predicted octanol–water partition coefficient (Wildman–Crippen LogP) is 2.08. The van der Waals surface area contributed by atoms with Crippen molar-refractivity contribution in [1.29, 1.82) is 0 Å². The van der Waals surface area contributed by atoms with Crippen LogP contribution < -0.4 is 10.5 Å². The molecule has 2 rings (SSSR count). The number of nitrogens with zero attached hydrogens (tertiary/aromatic N) is 1. The topological polar surface area (TPSA) is 72.6 Å². The van der Waals surface area contributed by atoms with Crippen molar-refractivity contribution in [2.24, 2.45) is 5.92 Å². The molecule has 20 heavy (non-hydrogen) atoms. The van der Waals surface area contributed by atoms with Gasteiger partial charge < -0.3 is 10.5 Å². The predicted molar refractivity (Wildman–Crippen MR) is 83.2 cm³/mol. The normalized spacial score (nSPS) is 20.8. The number of anilines is 1. The van der Waals surface area contributed by atoms with Crippen LogP contribution in [0.15, 0.2) is 22.7 Å². The fraction of sp³-hybridized carbons (Fsp3) is 0.538. The Bertz CT molecular complexity index is 557. The molecule has 0 aromatic heterocycles. The number of ether oxygens (including phenoxy) is 1.